The molecule has 4 nitrogen and oxygen atoms in total. The third-order valence-corrected chi connectivity index (χ3v) is 1.09. The van der Waals surface area contributed by atoms with Gasteiger partial charge in [0, 0.05) is 6.20 Å². The van der Waals surface area contributed by atoms with Gasteiger partial charge in [-0.2, -0.15) is 13.9 Å². The van der Waals surface area contributed by atoms with Crippen molar-refractivity contribution in [2.24, 2.45) is 5.73 Å². The van der Waals surface area contributed by atoms with Crippen molar-refractivity contribution in [1.29, 1.82) is 0 Å². The minimum Gasteiger partial charge on any atom is -0.366 e. The molecule has 0 atom stereocenters. The fourth-order valence-corrected chi connectivity index (χ4v) is 0.572. The van der Waals surface area contributed by atoms with E-state index in [1.54, 1.807) is 0 Å². The Labute approximate surface area is 60.6 Å². The van der Waals surface area contributed by atoms with E-state index in [-0.39, 0.29) is 5.56 Å². The zero-order valence-corrected chi connectivity index (χ0v) is 5.37. The molecular weight excluding hydrogens is 156 g/mol. The highest BCUT2D eigenvalue weighted by atomic mass is 19.3. The van der Waals surface area contributed by atoms with Crippen LogP contribution < -0.4 is 5.73 Å². The molecule has 0 saturated heterocycles. The summed E-state index contributed by atoms with van der Waals surface area (Å²) < 4.78 is 23.9. The lowest BCUT2D eigenvalue weighted by Gasteiger charge is -1.94. The average Bonchev–Trinajstić information content (AvgIpc) is 2.33. The largest absolute Gasteiger partial charge is 0.366 e. The second-order valence-electron chi connectivity index (χ2n) is 1.85. The van der Waals surface area contributed by atoms with E-state index in [9.17, 15) is 13.6 Å². The molecule has 0 aliphatic carbocycles. The number of nitrogens with two attached hydrogens (primary N) is 1. The van der Waals surface area contributed by atoms with Crippen LogP contribution >= 0.6 is 0 Å². The van der Waals surface area contributed by atoms with Crippen molar-refractivity contribution in [3.63, 3.8) is 0 Å². The molecule has 0 aliphatic heterocycles. The van der Waals surface area contributed by atoms with Crippen LogP contribution in [0.5, 0.6) is 0 Å². The van der Waals surface area contributed by atoms with Crippen LogP contribution in [0.2, 0.25) is 0 Å². The number of amides is 1. The first-order valence-corrected chi connectivity index (χ1v) is 2.73. The summed E-state index contributed by atoms with van der Waals surface area (Å²) in [5.41, 5.74) is 4.77. The third kappa shape index (κ3) is 1.51. The molecule has 6 heteroatoms. The van der Waals surface area contributed by atoms with Crippen LogP contribution in [0.15, 0.2) is 12.4 Å². The van der Waals surface area contributed by atoms with E-state index in [4.69, 9.17) is 5.73 Å². The number of halogens is 2. The lowest BCUT2D eigenvalue weighted by atomic mass is 10.4. The predicted octanol–water partition coefficient (Wildman–Crippen LogP) is 0.377. The molecule has 1 amide bonds. The van der Waals surface area contributed by atoms with Gasteiger partial charge in [-0.25, -0.2) is 4.68 Å². The molecule has 0 saturated carbocycles. The van der Waals surface area contributed by atoms with Crippen molar-refractivity contribution < 1.29 is 13.6 Å². The predicted molar refractivity (Wildman–Crippen MR) is 32.0 cm³/mol. The summed E-state index contributed by atoms with van der Waals surface area (Å²) in [4.78, 5) is 10.4. The molecule has 1 rings (SSSR count). The van der Waals surface area contributed by atoms with E-state index >= 15 is 0 Å². The molecule has 1 aromatic heterocycles. The van der Waals surface area contributed by atoms with Crippen LogP contribution in [0, 0.1) is 0 Å². The number of carbonyl (C=O) groups is 1. The third-order valence-electron chi connectivity index (χ3n) is 1.09. The van der Waals surface area contributed by atoms with E-state index in [0.717, 1.165) is 12.4 Å². The summed E-state index contributed by atoms with van der Waals surface area (Å²) in [5, 5.41) is 3.20. The van der Waals surface area contributed by atoms with Crippen LogP contribution in [-0.4, -0.2) is 15.7 Å². The molecule has 0 unspecified atom stereocenters. The summed E-state index contributed by atoms with van der Waals surface area (Å²) in [5.74, 6) is -0.767. The summed E-state index contributed by atoms with van der Waals surface area (Å²) in [6.45, 7) is -2.73. The normalized spacial score (nSPS) is 10.5. The van der Waals surface area contributed by atoms with E-state index < -0.39 is 12.5 Å². The van der Waals surface area contributed by atoms with Crippen LogP contribution in [0.1, 0.15) is 16.9 Å². The number of primary amides is 1. The Balaban J connectivity index is 2.90. The van der Waals surface area contributed by atoms with Crippen molar-refractivity contribution in [3.05, 3.63) is 18.0 Å². The van der Waals surface area contributed by atoms with Gasteiger partial charge in [-0.1, -0.05) is 0 Å². The zero-order chi connectivity index (χ0) is 8.43. The first kappa shape index (κ1) is 7.64. The van der Waals surface area contributed by atoms with E-state index in [1.807, 2.05) is 0 Å². The number of nitrogens with zero attached hydrogens (tertiary/aromatic N) is 2. The van der Waals surface area contributed by atoms with Gasteiger partial charge >= 0.3 is 6.55 Å². The van der Waals surface area contributed by atoms with E-state index in [1.165, 1.54) is 0 Å². The Morgan fingerprint density at radius 2 is 2.36 bits per heavy atom. The molecule has 60 valence electrons. The Hall–Kier alpha value is -1.46. The smallest absolute Gasteiger partial charge is 0.333 e. The van der Waals surface area contributed by atoms with Gasteiger partial charge in [0.1, 0.15) is 0 Å². The first-order valence-electron chi connectivity index (χ1n) is 2.73. The molecule has 0 spiro atoms. The van der Waals surface area contributed by atoms with Gasteiger partial charge in [-0.05, 0) is 0 Å². The highest BCUT2D eigenvalue weighted by Crippen LogP contribution is 2.08. The maximum Gasteiger partial charge on any atom is 0.333 e. The summed E-state index contributed by atoms with van der Waals surface area (Å²) in [7, 11) is 0. The molecular formula is C5H5F2N3O. The summed E-state index contributed by atoms with van der Waals surface area (Å²) in [6, 6.07) is 0. The van der Waals surface area contributed by atoms with Gasteiger partial charge in [0.05, 0.1) is 11.8 Å². The summed E-state index contributed by atoms with van der Waals surface area (Å²) >= 11 is 0. The van der Waals surface area contributed by atoms with Crippen molar-refractivity contribution in [1.82, 2.24) is 9.78 Å². The molecule has 11 heavy (non-hydrogen) atoms. The van der Waals surface area contributed by atoms with Crippen LogP contribution in [0.3, 0.4) is 0 Å². The van der Waals surface area contributed by atoms with Gasteiger partial charge < -0.3 is 5.73 Å². The molecule has 2 N–H and O–H groups in total. The van der Waals surface area contributed by atoms with Gasteiger partial charge in [-0.3, -0.25) is 4.79 Å². The molecule has 1 aromatic rings. The first-order chi connectivity index (χ1) is 5.11. The number of alkyl halides is 2. The number of hydrogen-bond donors (Lipinski definition) is 1. The highest BCUT2D eigenvalue weighted by molar-refractivity contribution is 5.92. The zero-order valence-electron chi connectivity index (χ0n) is 5.37. The number of carbonyl (C=O) groups excluding carboxylic acids is 1. The topological polar surface area (TPSA) is 60.9 Å². The number of aromatic nitrogens is 2. The van der Waals surface area contributed by atoms with E-state index in [0.29, 0.717) is 4.68 Å². The fourth-order valence-electron chi connectivity index (χ4n) is 0.572. The lowest BCUT2D eigenvalue weighted by molar-refractivity contribution is 0.0565. The Morgan fingerprint density at radius 3 is 2.64 bits per heavy atom. The van der Waals surface area contributed by atoms with Crippen molar-refractivity contribution in [3.8, 4) is 0 Å². The Kier molecular flexibility index (Phi) is 1.84. The molecule has 1 heterocycles. The SMILES string of the molecule is NC(=O)c1cnn(C(F)F)c1. The van der Waals surface area contributed by atoms with E-state index in [2.05, 4.69) is 5.10 Å². The van der Waals surface area contributed by atoms with Crippen LogP contribution in [0.4, 0.5) is 8.78 Å². The van der Waals surface area contributed by atoms with Crippen molar-refractivity contribution >= 4 is 5.91 Å². The molecule has 0 aromatic carbocycles. The maximum absolute atomic E-state index is 11.8. The number of hydrogen-bond acceptors (Lipinski definition) is 2. The molecule has 0 radical (unpaired) electrons. The summed E-state index contributed by atoms with van der Waals surface area (Å²) in [6.07, 6.45) is 1.89. The Morgan fingerprint density at radius 1 is 1.73 bits per heavy atom. The van der Waals surface area contributed by atoms with Gasteiger partial charge in [-0.15, -0.1) is 0 Å². The number of rotatable bonds is 2. The van der Waals surface area contributed by atoms with Crippen LogP contribution in [-0.2, 0) is 0 Å². The minimum absolute atomic E-state index is 0.0229. The van der Waals surface area contributed by atoms with Gasteiger partial charge in [0.15, 0.2) is 0 Å². The van der Waals surface area contributed by atoms with Gasteiger partial charge in [0.2, 0.25) is 0 Å². The van der Waals surface area contributed by atoms with Crippen molar-refractivity contribution in [2.45, 2.75) is 6.55 Å². The second-order valence-corrected chi connectivity index (χ2v) is 1.85. The fraction of sp³-hybridized carbons (Fsp3) is 0.200. The monoisotopic (exact) mass is 161 g/mol. The molecule has 0 bridgehead atoms. The Bertz CT molecular complexity index is 270. The highest BCUT2D eigenvalue weighted by Gasteiger charge is 2.09. The lowest BCUT2D eigenvalue weighted by Crippen LogP contribution is -2.09. The average molecular weight is 161 g/mol. The molecule has 0 aliphatic rings. The van der Waals surface area contributed by atoms with Gasteiger partial charge in [0.25, 0.3) is 5.91 Å². The maximum atomic E-state index is 11.8. The molecule has 0 fully saturated rings. The minimum atomic E-state index is -2.73. The van der Waals surface area contributed by atoms with Crippen LogP contribution in [0.25, 0.3) is 0 Å². The van der Waals surface area contributed by atoms with Crippen molar-refractivity contribution in [2.75, 3.05) is 0 Å². The second kappa shape index (κ2) is 2.65. The standard InChI is InChI=1S/C5H5F2N3O/c6-5(7)10-2-3(1-9-10)4(8)11/h1-2,5H,(H2,8,11). The quantitative estimate of drug-likeness (QED) is 0.681.